The second-order valence-corrected chi connectivity index (χ2v) is 10.5. The van der Waals surface area contributed by atoms with Crippen molar-refractivity contribution < 1.29 is 27.4 Å². The number of anilines is 1. The molecule has 1 amide bonds. The summed E-state index contributed by atoms with van der Waals surface area (Å²) in [5.41, 5.74) is 0.737. The van der Waals surface area contributed by atoms with Crippen molar-refractivity contribution in [2.45, 2.75) is 25.1 Å². The summed E-state index contributed by atoms with van der Waals surface area (Å²) in [6, 6.07) is 13.5. The van der Waals surface area contributed by atoms with Crippen molar-refractivity contribution in [1.29, 1.82) is 0 Å². The zero-order valence-corrected chi connectivity index (χ0v) is 22.2. The number of rotatable bonds is 9. The maximum absolute atomic E-state index is 13.5. The number of ether oxygens (including phenoxy) is 2. The number of hydrogen-bond acceptors (Lipinski definition) is 6. The smallest absolute Gasteiger partial charge is 0.416 e. The minimum absolute atomic E-state index is 0.0857. The van der Waals surface area contributed by atoms with Crippen LogP contribution in [0.2, 0.25) is 0 Å². The van der Waals surface area contributed by atoms with E-state index in [1.807, 2.05) is 30.3 Å². The average molecular weight is 547 g/mol. The van der Waals surface area contributed by atoms with Gasteiger partial charge in [-0.3, -0.25) is 14.6 Å². The van der Waals surface area contributed by atoms with Gasteiger partial charge in [-0.15, -0.1) is 0 Å². The molecule has 0 spiro atoms. The first kappa shape index (κ1) is 27.7. The summed E-state index contributed by atoms with van der Waals surface area (Å²) in [7, 11) is 0. The summed E-state index contributed by atoms with van der Waals surface area (Å²) >= 11 is 0. The Morgan fingerprint density at radius 1 is 1.00 bits per heavy atom. The molecule has 2 aromatic rings. The number of carbonyl (C=O) groups excluding carboxylic acids is 1. The van der Waals surface area contributed by atoms with Crippen LogP contribution >= 0.6 is 0 Å². The predicted octanol–water partition coefficient (Wildman–Crippen LogP) is 3.29. The van der Waals surface area contributed by atoms with Gasteiger partial charge in [0.25, 0.3) is 0 Å². The number of amides is 1. The quantitative estimate of drug-likeness (QED) is 0.488. The van der Waals surface area contributed by atoms with Crippen molar-refractivity contribution >= 4 is 11.6 Å². The molecule has 2 saturated heterocycles. The molecule has 3 heterocycles. The van der Waals surface area contributed by atoms with Gasteiger partial charge in [-0.25, -0.2) is 0 Å². The summed E-state index contributed by atoms with van der Waals surface area (Å²) in [6.45, 7) is 8.00. The van der Waals surface area contributed by atoms with Crippen molar-refractivity contribution in [2.75, 3.05) is 77.1 Å². The molecule has 7 nitrogen and oxygen atoms in total. The molecule has 1 N–H and O–H groups in total. The highest BCUT2D eigenvalue weighted by Gasteiger charge is 2.42. The van der Waals surface area contributed by atoms with Crippen LogP contribution in [-0.2, 0) is 22.1 Å². The Kier molecular flexibility index (Phi) is 8.94. The molecule has 0 aromatic heterocycles. The molecular formula is C29H37F3N4O3. The molecule has 2 aromatic carbocycles. The van der Waals surface area contributed by atoms with Gasteiger partial charge in [0.15, 0.2) is 0 Å². The fraction of sp³-hybridized carbons (Fsp3) is 0.552. The average Bonchev–Trinajstić information content (AvgIpc) is 2.95. The molecule has 2 fully saturated rings. The van der Waals surface area contributed by atoms with E-state index in [0.29, 0.717) is 44.8 Å². The summed E-state index contributed by atoms with van der Waals surface area (Å²) in [5.74, 6) is 0.303. The fourth-order valence-electron chi connectivity index (χ4n) is 5.84. The zero-order valence-electron chi connectivity index (χ0n) is 22.2. The molecule has 39 heavy (non-hydrogen) atoms. The lowest BCUT2D eigenvalue weighted by Crippen LogP contribution is -2.61. The van der Waals surface area contributed by atoms with E-state index in [4.69, 9.17) is 9.47 Å². The lowest BCUT2D eigenvalue weighted by atomic mass is 9.82. The third-order valence-corrected chi connectivity index (χ3v) is 7.93. The van der Waals surface area contributed by atoms with Crippen LogP contribution in [0, 0.1) is 5.92 Å². The van der Waals surface area contributed by atoms with Crippen LogP contribution in [0.1, 0.15) is 17.5 Å². The van der Waals surface area contributed by atoms with Gasteiger partial charge in [0, 0.05) is 51.5 Å². The molecule has 0 saturated carbocycles. The first-order chi connectivity index (χ1) is 18.9. The number of hydrogen-bond donors (Lipinski definition) is 1. The Bertz CT molecular complexity index is 1090. The number of benzene rings is 2. The van der Waals surface area contributed by atoms with Crippen LogP contribution in [0.25, 0.3) is 0 Å². The molecule has 5 rings (SSSR count). The third-order valence-electron chi connectivity index (χ3n) is 7.93. The lowest BCUT2D eigenvalue weighted by Gasteiger charge is -2.49. The standard InChI is InChI=1S/C29H37F3N4O3/c30-29(31,32)23-7-8-26-22(19-23)20-25(28(37)33-9-4-10-34-13-16-38-17-14-34)27-21-35(11-12-36(26)27)15-18-39-24-5-2-1-3-6-24/h1-3,5-8,19,25,27H,4,9-18,20-21H2,(H,33,37). The van der Waals surface area contributed by atoms with Crippen LogP contribution in [0.15, 0.2) is 48.5 Å². The van der Waals surface area contributed by atoms with Crippen molar-refractivity contribution in [3.8, 4) is 5.75 Å². The second kappa shape index (κ2) is 12.6. The van der Waals surface area contributed by atoms with Crippen LogP contribution < -0.4 is 15.0 Å². The fourth-order valence-corrected chi connectivity index (χ4v) is 5.84. The van der Waals surface area contributed by atoms with Crippen molar-refractivity contribution in [3.05, 3.63) is 59.7 Å². The normalized spacial score (nSPS) is 22.2. The second-order valence-electron chi connectivity index (χ2n) is 10.5. The molecule has 0 aliphatic carbocycles. The molecule has 10 heteroatoms. The van der Waals surface area contributed by atoms with E-state index in [1.54, 1.807) is 6.07 Å². The Morgan fingerprint density at radius 3 is 2.56 bits per heavy atom. The Hall–Kier alpha value is -2.82. The Morgan fingerprint density at radius 2 is 1.79 bits per heavy atom. The Labute approximate surface area is 227 Å². The maximum atomic E-state index is 13.5. The predicted molar refractivity (Wildman–Crippen MR) is 143 cm³/mol. The third kappa shape index (κ3) is 7.04. The van der Waals surface area contributed by atoms with E-state index in [0.717, 1.165) is 63.3 Å². The topological polar surface area (TPSA) is 57.3 Å². The van der Waals surface area contributed by atoms with Gasteiger partial charge in [-0.05, 0) is 55.3 Å². The number of para-hydroxylation sites is 1. The Balaban J connectivity index is 1.25. The van der Waals surface area contributed by atoms with Crippen LogP contribution in [0.3, 0.4) is 0 Å². The van der Waals surface area contributed by atoms with Gasteiger partial charge in [-0.1, -0.05) is 18.2 Å². The van der Waals surface area contributed by atoms with E-state index in [2.05, 4.69) is 20.0 Å². The van der Waals surface area contributed by atoms with Crippen LogP contribution in [0.5, 0.6) is 5.75 Å². The molecule has 2 unspecified atom stereocenters. The van der Waals surface area contributed by atoms with E-state index in [1.165, 1.54) is 6.07 Å². The summed E-state index contributed by atoms with van der Waals surface area (Å²) in [4.78, 5) is 20.2. The minimum Gasteiger partial charge on any atom is -0.492 e. The van der Waals surface area contributed by atoms with E-state index in [9.17, 15) is 18.0 Å². The number of morpholine rings is 1. The van der Waals surface area contributed by atoms with Crippen LogP contribution in [0.4, 0.5) is 18.9 Å². The maximum Gasteiger partial charge on any atom is 0.416 e. The van der Waals surface area contributed by atoms with Gasteiger partial charge < -0.3 is 19.7 Å². The number of nitrogens with one attached hydrogen (secondary N) is 1. The van der Waals surface area contributed by atoms with Gasteiger partial charge >= 0.3 is 6.18 Å². The van der Waals surface area contributed by atoms with Crippen molar-refractivity contribution in [1.82, 2.24) is 15.1 Å². The molecule has 2 atom stereocenters. The zero-order chi connectivity index (χ0) is 27.2. The summed E-state index contributed by atoms with van der Waals surface area (Å²) < 4.78 is 51.7. The number of alkyl halides is 3. The lowest BCUT2D eigenvalue weighted by molar-refractivity contribution is -0.137. The SMILES string of the molecule is O=C(NCCCN1CCOCC1)C1Cc2cc(C(F)(F)F)ccc2N2CCN(CCOc3ccccc3)CC12. The minimum atomic E-state index is -4.42. The van der Waals surface area contributed by atoms with E-state index < -0.39 is 17.7 Å². The number of halogens is 3. The molecule has 212 valence electrons. The van der Waals surface area contributed by atoms with Gasteiger partial charge in [0.1, 0.15) is 12.4 Å². The molecule has 3 aliphatic heterocycles. The van der Waals surface area contributed by atoms with Gasteiger partial charge in [-0.2, -0.15) is 13.2 Å². The van der Waals surface area contributed by atoms with Crippen molar-refractivity contribution in [2.24, 2.45) is 5.92 Å². The molecule has 3 aliphatic rings. The highest BCUT2D eigenvalue weighted by Crippen LogP contribution is 2.39. The number of piperazine rings is 1. The van der Waals surface area contributed by atoms with Crippen molar-refractivity contribution in [3.63, 3.8) is 0 Å². The van der Waals surface area contributed by atoms with Gasteiger partial charge in [0.2, 0.25) is 5.91 Å². The molecular weight excluding hydrogens is 509 g/mol. The summed E-state index contributed by atoms with van der Waals surface area (Å²) in [5, 5.41) is 3.09. The van der Waals surface area contributed by atoms with E-state index >= 15 is 0 Å². The highest BCUT2D eigenvalue weighted by molar-refractivity contribution is 5.82. The first-order valence-corrected chi connectivity index (χ1v) is 13.8. The summed E-state index contributed by atoms with van der Waals surface area (Å²) in [6.07, 6.45) is -3.30. The molecule has 0 bridgehead atoms. The first-order valence-electron chi connectivity index (χ1n) is 13.8. The monoisotopic (exact) mass is 546 g/mol. The number of carbonyl (C=O) groups is 1. The highest BCUT2D eigenvalue weighted by atomic mass is 19.4. The van der Waals surface area contributed by atoms with Gasteiger partial charge in [0.05, 0.1) is 30.7 Å². The van der Waals surface area contributed by atoms with Crippen LogP contribution in [-0.4, -0.2) is 93.9 Å². The molecule has 0 radical (unpaired) electrons. The largest absolute Gasteiger partial charge is 0.492 e. The van der Waals surface area contributed by atoms with E-state index in [-0.39, 0.29) is 11.9 Å². The number of nitrogens with zero attached hydrogens (tertiary/aromatic N) is 3. The number of fused-ring (bicyclic) bond motifs is 3.